The van der Waals surface area contributed by atoms with Crippen molar-refractivity contribution in [2.45, 2.75) is 19.9 Å². The Morgan fingerprint density at radius 1 is 1.22 bits per heavy atom. The zero-order valence-corrected chi connectivity index (χ0v) is 18.6. The average molecular weight is 451 g/mol. The van der Waals surface area contributed by atoms with Crippen LogP contribution in [0.1, 0.15) is 24.3 Å². The van der Waals surface area contributed by atoms with Gasteiger partial charge in [0.25, 0.3) is 5.91 Å². The van der Waals surface area contributed by atoms with E-state index in [1.807, 2.05) is 42.2 Å². The maximum atomic E-state index is 13.4. The van der Waals surface area contributed by atoms with Crippen LogP contribution in [0.15, 0.2) is 70.4 Å². The lowest BCUT2D eigenvalue weighted by molar-refractivity contribution is -0.113. The Morgan fingerprint density at radius 3 is 2.62 bits per heavy atom. The Morgan fingerprint density at radius 2 is 1.97 bits per heavy atom. The first-order valence-corrected chi connectivity index (χ1v) is 10.3. The highest BCUT2D eigenvalue weighted by Crippen LogP contribution is 2.37. The number of benzene rings is 2. The molecule has 9 heteroatoms. The van der Waals surface area contributed by atoms with Gasteiger partial charge in [-0.3, -0.25) is 9.69 Å². The number of phenols is 1. The van der Waals surface area contributed by atoms with Crippen molar-refractivity contribution in [3.8, 4) is 11.5 Å². The number of hydrogen-bond acceptors (Lipinski definition) is 6. The molecule has 0 radical (unpaired) electrons. The van der Waals surface area contributed by atoms with E-state index in [2.05, 4.69) is 15.8 Å². The Balaban J connectivity index is 1.82. The van der Waals surface area contributed by atoms with Crippen LogP contribution in [0.4, 0.5) is 11.5 Å². The highest BCUT2D eigenvalue weighted by Gasteiger charge is 2.35. The van der Waals surface area contributed by atoms with Crippen LogP contribution >= 0.6 is 12.2 Å². The zero-order valence-electron chi connectivity index (χ0n) is 17.7. The Kier molecular flexibility index (Phi) is 5.83. The van der Waals surface area contributed by atoms with E-state index in [0.717, 1.165) is 5.69 Å². The molecule has 0 saturated carbocycles. The Hall–Kier alpha value is -3.85. The Labute approximate surface area is 190 Å². The number of amides is 1. The van der Waals surface area contributed by atoms with Crippen molar-refractivity contribution in [2.75, 3.05) is 17.3 Å². The van der Waals surface area contributed by atoms with E-state index in [4.69, 9.17) is 21.5 Å². The van der Waals surface area contributed by atoms with Crippen molar-refractivity contribution in [1.82, 2.24) is 10.5 Å². The second-order valence-corrected chi connectivity index (χ2v) is 7.65. The number of nitrogens with one attached hydrogen (secondary N) is 2. The maximum absolute atomic E-state index is 13.4. The maximum Gasteiger partial charge on any atom is 0.257 e. The molecule has 4 rings (SSSR count). The van der Waals surface area contributed by atoms with E-state index in [-0.39, 0.29) is 11.7 Å². The number of anilines is 2. The molecule has 32 heavy (non-hydrogen) atoms. The van der Waals surface area contributed by atoms with Gasteiger partial charge in [-0.1, -0.05) is 29.4 Å². The minimum absolute atomic E-state index is 0.00493. The average Bonchev–Trinajstić information content (AvgIpc) is 3.18. The number of allylic oxidation sites excluding steroid dienone is 1. The molecule has 1 aliphatic heterocycles. The minimum Gasteiger partial charge on any atom is -0.504 e. The lowest BCUT2D eigenvalue weighted by atomic mass is 9.93. The third-order valence-electron chi connectivity index (χ3n) is 5.15. The summed E-state index contributed by atoms with van der Waals surface area (Å²) in [6, 6.07) is 15.5. The van der Waals surface area contributed by atoms with Gasteiger partial charge in [-0.2, -0.15) is 0 Å². The summed E-state index contributed by atoms with van der Waals surface area (Å²) in [6.07, 6.45) is 0. The third kappa shape index (κ3) is 4.02. The van der Waals surface area contributed by atoms with Gasteiger partial charge in [0.05, 0.1) is 18.7 Å². The van der Waals surface area contributed by atoms with Gasteiger partial charge in [-0.15, -0.1) is 0 Å². The number of aromatic hydroxyl groups is 1. The van der Waals surface area contributed by atoms with E-state index < -0.39 is 6.04 Å². The third-order valence-corrected chi connectivity index (χ3v) is 5.45. The number of para-hydroxylation sites is 1. The summed E-state index contributed by atoms with van der Waals surface area (Å²) in [5, 5.41) is 20.4. The summed E-state index contributed by atoms with van der Waals surface area (Å²) in [5.74, 6) is 0.841. The fourth-order valence-corrected chi connectivity index (χ4v) is 4.02. The van der Waals surface area contributed by atoms with E-state index in [1.165, 1.54) is 13.2 Å². The van der Waals surface area contributed by atoms with Crippen LogP contribution < -0.4 is 20.3 Å². The molecule has 1 amide bonds. The molecule has 1 aliphatic rings. The zero-order chi connectivity index (χ0) is 22.8. The molecule has 1 atom stereocenters. The summed E-state index contributed by atoms with van der Waals surface area (Å²) >= 11 is 5.66. The van der Waals surface area contributed by atoms with Crippen molar-refractivity contribution < 1.29 is 19.2 Å². The molecule has 2 heterocycles. The van der Waals surface area contributed by atoms with Crippen LogP contribution in [0.2, 0.25) is 0 Å². The number of carbonyl (C=O) groups excluding carboxylic acids is 1. The SMILES string of the molecule is COc1cc([C@H]2NC(=S)N(c3ccccc3)C(C)=C2C(=O)Nc2cc(C)on2)ccc1O. The first-order valence-electron chi connectivity index (χ1n) is 9.87. The van der Waals surface area contributed by atoms with Gasteiger partial charge in [0.1, 0.15) is 5.76 Å². The van der Waals surface area contributed by atoms with Crippen molar-refractivity contribution in [3.05, 3.63) is 77.2 Å². The predicted octanol–water partition coefficient (Wildman–Crippen LogP) is 4.05. The van der Waals surface area contributed by atoms with Crippen molar-refractivity contribution in [3.63, 3.8) is 0 Å². The molecule has 8 nitrogen and oxygen atoms in total. The van der Waals surface area contributed by atoms with Crippen LogP contribution in [0.3, 0.4) is 0 Å². The number of methoxy groups -OCH3 is 1. The molecule has 2 aromatic carbocycles. The molecule has 0 aliphatic carbocycles. The van der Waals surface area contributed by atoms with Gasteiger partial charge in [0.2, 0.25) is 0 Å². The standard InChI is InChI=1S/C23H22N4O4S/c1-13-11-19(26-31-13)24-22(29)20-14(2)27(16-7-5-4-6-8-16)23(32)25-21(20)15-9-10-17(28)18(12-15)30-3/h4-12,21,28H,1-3H3,(H,25,32)(H,24,26,29)/t21-/m1/s1. The molecule has 0 unspecified atom stereocenters. The van der Waals surface area contributed by atoms with Gasteiger partial charge in [0.15, 0.2) is 22.4 Å². The fourth-order valence-electron chi connectivity index (χ4n) is 3.66. The molecule has 3 N–H and O–H groups in total. The molecular weight excluding hydrogens is 428 g/mol. The van der Waals surface area contributed by atoms with E-state index in [0.29, 0.717) is 39.3 Å². The number of rotatable bonds is 5. The van der Waals surface area contributed by atoms with Gasteiger partial charge in [-0.25, -0.2) is 0 Å². The largest absolute Gasteiger partial charge is 0.504 e. The first kappa shape index (κ1) is 21.4. The molecule has 0 saturated heterocycles. The van der Waals surface area contributed by atoms with Crippen LogP contribution in [0.5, 0.6) is 11.5 Å². The number of hydrogen-bond donors (Lipinski definition) is 3. The van der Waals surface area contributed by atoms with Crippen molar-refractivity contribution in [2.24, 2.45) is 0 Å². The van der Waals surface area contributed by atoms with E-state index in [9.17, 15) is 9.90 Å². The molecule has 0 spiro atoms. The highest BCUT2D eigenvalue weighted by molar-refractivity contribution is 7.80. The predicted molar refractivity (Wildman–Crippen MR) is 125 cm³/mol. The summed E-state index contributed by atoms with van der Waals surface area (Å²) in [6.45, 7) is 3.59. The van der Waals surface area contributed by atoms with Gasteiger partial charge in [0, 0.05) is 17.5 Å². The van der Waals surface area contributed by atoms with Gasteiger partial charge >= 0.3 is 0 Å². The van der Waals surface area contributed by atoms with E-state index in [1.54, 1.807) is 25.1 Å². The topological polar surface area (TPSA) is 99.9 Å². The monoisotopic (exact) mass is 450 g/mol. The fraction of sp³-hybridized carbons (Fsp3) is 0.174. The van der Waals surface area contributed by atoms with Crippen LogP contribution in [-0.2, 0) is 4.79 Å². The molecule has 3 aromatic rings. The lowest BCUT2D eigenvalue weighted by Gasteiger charge is -2.38. The summed E-state index contributed by atoms with van der Waals surface area (Å²) in [4.78, 5) is 15.2. The summed E-state index contributed by atoms with van der Waals surface area (Å²) in [5.41, 5.74) is 2.63. The summed E-state index contributed by atoms with van der Waals surface area (Å²) < 4.78 is 10.3. The van der Waals surface area contributed by atoms with Crippen LogP contribution in [0, 0.1) is 6.92 Å². The number of nitrogens with zero attached hydrogens (tertiary/aromatic N) is 2. The molecule has 1 aromatic heterocycles. The minimum atomic E-state index is -0.579. The van der Waals surface area contributed by atoms with Crippen molar-refractivity contribution in [1.29, 1.82) is 0 Å². The van der Waals surface area contributed by atoms with Gasteiger partial charge in [-0.05, 0) is 55.9 Å². The number of ether oxygens (including phenoxy) is 1. The number of thiocarbonyl (C=S) groups is 1. The number of phenolic OH excluding ortho intramolecular Hbond substituents is 1. The molecule has 0 fully saturated rings. The lowest BCUT2D eigenvalue weighted by Crippen LogP contribution is -2.48. The number of aromatic nitrogens is 1. The second kappa shape index (κ2) is 8.72. The summed E-state index contributed by atoms with van der Waals surface area (Å²) in [7, 11) is 1.47. The quantitative estimate of drug-likeness (QED) is 0.501. The first-order chi connectivity index (χ1) is 15.4. The number of aryl methyl sites for hydroxylation is 1. The Bertz CT molecular complexity index is 1210. The van der Waals surface area contributed by atoms with E-state index >= 15 is 0 Å². The van der Waals surface area contributed by atoms with Gasteiger partial charge < -0.3 is 25.0 Å². The molecule has 164 valence electrons. The normalized spacial score (nSPS) is 16.0. The highest BCUT2D eigenvalue weighted by atomic mass is 32.1. The van der Waals surface area contributed by atoms with Crippen molar-refractivity contribution >= 4 is 34.7 Å². The molecular formula is C23H22N4O4S. The van der Waals surface area contributed by atoms with Crippen LogP contribution in [0.25, 0.3) is 0 Å². The molecule has 0 bridgehead atoms. The smallest absolute Gasteiger partial charge is 0.257 e. The number of carbonyl (C=O) groups is 1. The van der Waals surface area contributed by atoms with Crippen LogP contribution in [-0.4, -0.2) is 28.4 Å². The second-order valence-electron chi connectivity index (χ2n) is 7.26.